The molecular weight excluding hydrogens is 294 g/mol. The van der Waals surface area contributed by atoms with Crippen molar-refractivity contribution >= 4 is 11.9 Å². The summed E-state index contributed by atoms with van der Waals surface area (Å²) in [6.07, 6.45) is 8.32. The van der Waals surface area contributed by atoms with Crippen LogP contribution in [0.4, 0.5) is 0 Å². The van der Waals surface area contributed by atoms with Crippen LogP contribution in [0.25, 0.3) is 0 Å². The average molecular weight is 319 g/mol. The Morgan fingerprint density at radius 2 is 2.30 bits per heavy atom. The quantitative estimate of drug-likeness (QED) is 0.834. The predicted octanol–water partition coefficient (Wildman–Crippen LogP) is 1.45. The minimum atomic E-state index is -0.682. The number of carbonyl (C=O) groups excluding carboxylic acids is 2. The van der Waals surface area contributed by atoms with E-state index in [0.717, 1.165) is 25.0 Å². The third kappa shape index (κ3) is 2.99. The summed E-state index contributed by atoms with van der Waals surface area (Å²) < 4.78 is 6.68. The lowest BCUT2D eigenvalue weighted by Crippen LogP contribution is -2.50. The highest BCUT2D eigenvalue weighted by Gasteiger charge is 2.52. The van der Waals surface area contributed by atoms with E-state index in [1.807, 2.05) is 24.7 Å². The highest BCUT2D eigenvalue weighted by Crippen LogP contribution is 2.55. The number of esters is 1. The number of ether oxygens (including phenoxy) is 1. The van der Waals surface area contributed by atoms with Crippen LogP contribution in [0, 0.1) is 17.3 Å². The van der Waals surface area contributed by atoms with Crippen molar-refractivity contribution in [1.29, 1.82) is 0 Å². The van der Waals surface area contributed by atoms with Crippen molar-refractivity contribution in [2.75, 3.05) is 7.11 Å². The molecule has 1 aromatic heterocycles. The maximum Gasteiger partial charge on any atom is 0.328 e. The number of hydrogen-bond donors (Lipinski definition) is 1. The van der Waals surface area contributed by atoms with Gasteiger partial charge in [-0.15, -0.1) is 0 Å². The van der Waals surface area contributed by atoms with Crippen molar-refractivity contribution in [3.63, 3.8) is 0 Å². The highest BCUT2D eigenvalue weighted by molar-refractivity contribution is 5.88. The molecule has 2 saturated carbocycles. The van der Waals surface area contributed by atoms with E-state index in [1.54, 1.807) is 6.33 Å². The zero-order valence-corrected chi connectivity index (χ0v) is 14.0. The zero-order chi connectivity index (χ0) is 16.6. The van der Waals surface area contributed by atoms with Crippen LogP contribution in [-0.4, -0.2) is 34.6 Å². The first-order valence-electron chi connectivity index (χ1n) is 8.28. The molecule has 6 heteroatoms. The minimum absolute atomic E-state index is 0.0176. The van der Waals surface area contributed by atoms with Gasteiger partial charge in [-0.05, 0) is 31.1 Å². The van der Waals surface area contributed by atoms with E-state index in [2.05, 4.69) is 10.3 Å². The average Bonchev–Trinajstić information content (AvgIpc) is 3.22. The smallest absolute Gasteiger partial charge is 0.328 e. The van der Waals surface area contributed by atoms with Crippen LogP contribution < -0.4 is 5.32 Å². The molecule has 2 aliphatic carbocycles. The Morgan fingerprint density at radius 3 is 2.83 bits per heavy atom. The van der Waals surface area contributed by atoms with Crippen LogP contribution in [-0.2, 0) is 27.8 Å². The molecule has 1 amide bonds. The van der Waals surface area contributed by atoms with E-state index in [0.29, 0.717) is 18.3 Å². The molecule has 0 spiro atoms. The first-order chi connectivity index (χ1) is 10.9. The van der Waals surface area contributed by atoms with E-state index in [1.165, 1.54) is 13.5 Å². The number of aromatic nitrogens is 2. The zero-order valence-electron chi connectivity index (χ0n) is 14.0. The number of rotatable bonds is 5. The van der Waals surface area contributed by atoms with Gasteiger partial charge < -0.3 is 14.6 Å². The molecule has 126 valence electrons. The molecule has 2 fully saturated rings. The molecule has 1 N–H and O–H groups in total. The fraction of sp³-hybridized carbons (Fsp3) is 0.706. The fourth-order valence-corrected chi connectivity index (χ4v) is 4.32. The van der Waals surface area contributed by atoms with Gasteiger partial charge in [-0.1, -0.05) is 13.3 Å². The van der Waals surface area contributed by atoms with Crippen molar-refractivity contribution in [2.45, 2.75) is 45.1 Å². The number of methoxy groups -OCH3 is 1. The maximum absolute atomic E-state index is 12.8. The number of fused-ring (bicyclic) bond motifs is 2. The van der Waals surface area contributed by atoms with E-state index in [9.17, 15) is 9.59 Å². The first-order valence-corrected chi connectivity index (χ1v) is 8.28. The number of amides is 1. The summed E-state index contributed by atoms with van der Waals surface area (Å²) in [5.74, 6) is 0.676. The van der Waals surface area contributed by atoms with Crippen molar-refractivity contribution in [2.24, 2.45) is 24.3 Å². The normalized spacial score (nSPS) is 30.2. The lowest BCUT2D eigenvalue weighted by molar-refractivity contribution is -0.147. The summed E-state index contributed by atoms with van der Waals surface area (Å²) >= 11 is 0. The molecule has 4 atom stereocenters. The van der Waals surface area contributed by atoms with Gasteiger partial charge in [0.25, 0.3) is 0 Å². The van der Waals surface area contributed by atoms with Gasteiger partial charge in [0, 0.05) is 25.1 Å². The van der Waals surface area contributed by atoms with Gasteiger partial charge in [-0.2, -0.15) is 0 Å². The van der Waals surface area contributed by atoms with Crippen LogP contribution in [0.5, 0.6) is 0 Å². The van der Waals surface area contributed by atoms with Gasteiger partial charge >= 0.3 is 5.97 Å². The van der Waals surface area contributed by atoms with Crippen molar-refractivity contribution in [3.8, 4) is 0 Å². The van der Waals surface area contributed by atoms with Crippen LogP contribution in [0.15, 0.2) is 12.5 Å². The Morgan fingerprint density at radius 1 is 1.52 bits per heavy atom. The van der Waals surface area contributed by atoms with Crippen LogP contribution >= 0.6 is 0 Å². The molecule has 2 bridgehead atoms. The molecule has 3 unspecified atom stereocenters. The molecule has 2 aliphatic rings. The number of nitrogens with one attached hydrogen (secondary N) is 1. The summed E-state index contributed by atoms with van der Waals surface area (Å²) in [5.41, 5.74) is 0.417. The lowest BCUT2D eigenvalue weighted by atomic mass is 9.74. The molecule has 3 rings (SSSR count). The Bertz CT molecular complexity index is 612. The topological polar surface area (TPSA) is 73.2 Å². The number of hydrogen-bond acceptors (Lipinski definition) is 4. The minimum Gasteiger partial charge on any atom is -0.467 e. The number of imidazole rings is 1. The lowest BCUT2D eigenvalue weighted by Gasteiger charge is -2.33. The Kier molecular flexibility index (Phi) is 4.17. The summed E-state index contributed by atoms with van der Waals surface area (Å²) in [7, 11) is 3.22. The van der Waals surface area contributed by atoms with Gasteiger partial charge in [-0.3, -0.25) is 4.79 Å². The highest BCUT2D eigenvalue weighted by atomic mass is 16.5. The van der Waals surface area contributed by atoms with Gasteiger partial charge in [0.15, 0.2) is 0 Å². The van der Waals surface area contributed by atoms with Crippen LogP contribution in [0.2, 0.25) is 0 Å². The van der Waals surface area contributed by atoms with E-state index < -0.39 is 12.0 Å². The molecule has 1 aromatic rings. The molecule has 23 heavy (non-hydrogen) atoms. The third-order valence-corrected chi connectivity index (χ3v) is 5.64. The number of aryl methyl sites for hydroxylation is 1. The van der Waals surface area contributed by atoms with E-state index >= 15 is 0 Å². The van der Waals surface area contributed by atoms with Crippen molar-refractivity contribution < 1.29 is 14.3 Å². The Labute approximate surface area is 136 Å². The molecule has 6 nitrogen and oxygen atoms in total. The second-order valence-electron chi connectivity index (χ2n) is 7.28. The second kappa shape index (κ2) is 5.98. The summed E-state index contributed by atoms with van der Waals surface area (Å²) in [5, 5.41) is 2.93. The van der Waals surface area contributed by atoms with Crippen LogP contribution in [0.3, 0.4) is 0 Å². The van der Waals surface area contributed by atoms with Gasteiger partial charge in [0.05, 0.1) is 19.1 Å². The third-order valence-electron chi connectivity index (χ3n) is 5.64. The van der Waals surface area contributed by atoms with Crippen molar-refractivity contribution in [1.82, 2.24) is 14.9 Å². The Balaban J connectivity index is 1.70. The summed E-state index contributed by atoms with van der Waals surface area (Å²) in [4.78, 5) is 29.1. The molecule has 1 heterocycles. The number of carbonyl (C=O) groups is 2. The molecule has 0 saturated heterocycles. The summed E-state index contributed by atoms with van der Waals surface area (Å²) in [6, 6.07) is -0.682. The predicted molar refractivity (Wildman–Crippen MR) is 84.4 cm³/mol. The maximum atomic E-state index is 12.8. The monoisotopic (exact) mass is 319 g/mol. The van der Waals surface area contributed by atoms with E-state index in [-0.39, 0.29) is 11.3 Å². The van der Waals surface area contributed by atoms with Crippen molar-refractivity contribution in [3.05, 3.63) is 18.2 Å². The van der Waals surface area contributed by atoms with Gasteiger partial charge in [0.2, 0.25) is 5.91 Å². The SMILES string of the molecule is COC(=O)[C@H](Cc1cn(C)cn1)NC(=O)C1(C)CC2CCC1C2. The number of nitrogens with zero attached hydrogens (tertiary/aromatic N) is 2. The van der Waals surface area contributed by atoms with Gasteiger partial charge in [-0.25, -0.2) is 9.78 Å². The van der Waals surface area contributed by atoms with Gasteiger partial charge in [0.1, 0.15) is 6.04 Å². The first kappa shape index (κ1) is 16.0. The second-order valence-corrected chi connectivity index (χ2v) is 7.28. The molecular formula is C17H25N3O3. The largest absolute Gasteiger partial charge is 0.467 e. The summed E-state index contributed by atoms with van der Waals surface area (Å²) in [6.45, 7) is 2.04. The fourth-order valence-electron chi connectivity index (χ4n) is 4.32. The molecule has 0 aliphatic heterocycles. The molecule has 0 radical (unpaired) electrons. The Hall–Kier alpha value is -1.85. The molecule has 0 aromatic carbocycles. The van der Waals surface area contributed by atoms with E-state index in [4.69, 9.17) is 4.74 Å². The van der Waals surface area contributed by atoms with Crippen LogP contribution in [0.1, 0.15) is 38.3 Å². The standard InChI is InChI=1S/C17H25N3O3/c1-17(8-11-4-5-12(17)6-11)16(22)19-14(15(21)23-3)7-13-9-20(2)10-18-13/h9-12,14H,4-8H2,1-3H3,(H,19,22)/t11?,12?,14-,17?/m0/s1.